The average molecular weight is 255 g/mol. The molecule has 0 aromatic heterocycles. The van der Waals surface area contributed by atoms with E-state index in [1.54, 1.807) is 7.11 Å². The van der Waals surface area contributed by atoms with Crippen LogP contribution in [0.2, 0.25) is 0 Å². The van der Waals surface area contributed by atoms with Gasteiger partial charge >= 0.3 is 0 Å². The van der Waals surface area contributed by atoms with Crippen molar-refractivity contribution in [2.75, 3.05) is 13.7 Å². The molecule has 0 aliphatic rings. The number of hydrogen-bond donors (Lipinski definition) is 1. The van der Waals surface area contributed by atoms with Crippen LogP contribution in [0.4, 0.5) is 0 Å². The number of methoxy groups -OCH3 is 1. The van der Waals surface area contributed by atoms with Crippen LogP contribution in [-0.4, -0.2) is 13.7 Å². The Labute approximate surface area is 115 Å². The first-order chi connectivity index (χ1) is 9.24. The Balaban J connectivity index is 2.31. The maximum atomic E-state index is 5.28. The van der Waals surface area contributed by atoms with Crippen LogP contribution < -0.4 is 10.1 Å². The van der Waals surface area contributed by atoms with Crippen LogP contribution in [0.15, 0.2) is 48.5 Å². The predicted molar refractivity (Wildman–Crippen MR) is 80.5 cm³/mol. The second kappa shape index (κ2) is 6.39. The maximum absolute atomic E-state index is 5.28. The monoisotopic (exact) mass is 255 g/mol. The molecule has 100 valence electrons. The topological polar surface area (TPSA) is 21.3 Å². The highest BCUT2D eigenvalue weighted by atomic mass is 16.5. The Morgan fingerprint density at radius 3 is 2.42 bits per heavy atom. The van der Waals surface area contributed by atoms with Crippen LogP contribution in [0.3, 0.4) is 0 Å². The molecular formula is C17H21NO. The fraction of sp³-hybridized carbons (Fsp3) is 0.294. The molecule has 0 saturated heterocycles. The van der Waals surface area contributed by atoms with Gasteiger partial charge in [-0.15, -0.1) is 0 Å². The van der Waals surface area contributed by atoms with Crippen molar-refractivity contribution in [3.63, 3.8) is 0 Å². The van der Waals surface area contributed by atoms with E-state index >= 15 is 0 Å². The molecule has 0 aliphatic heterocycles. The molecule has 0 radical (unpaired) electrons. The lowest BCUT2D eigenvalue weighted by Crippen LogP contribution is -2.17. The van der Waals surface area contributed by atoms with E-state index in [-0.39, 0.29) is 0 Å². The van der Waals surface area contributed by atoms with E-state index in [0.717, 1.165) is 12.3 Å². The minimum atomic E-state index is 0.371. The molecule has 2 aromatic carbocycles. The second-order valence-electron chi connectivity index (χ2n) is 4.64. The molecule has 0 saturated carbocycles. The van der Waals surface area contributed by atoms with Crippen LogP contribution >= 0.6 is 0 Å². The summed E-state index contributed by atoms with van der Waals surface area (Å²) in [7, 11) is 1.70. The minimum absolute atomic E-state index is 0.371. The summed E-state index contributed by atoms with van der Waals surface area (Å²) >= 11 is 0. The van der Waals surface area contributed by atoms with Gasteiger partial charge in [-0.2, -0.15) is 0 Å². The number of rotatable bonds is 5. The minimum Gasteiger partial charge on any atom is -0.497 e. The van der Waals surface area contributed by atoms with Crippen molar-refractivity contribution < 1.29 is 4.74 Å². The summed E-state index contributed by atoms with van der Waals surface area (Å²) in [5, 5.41) is 3.44. The molecule has 19 heavy (non-hydrogen) atoms. The van der Waals surface area contributed by atoms with Crippen LogP contribution in [-0.2, 0) is 0 Å². The molecule has 2 aromatic rings. The molecular weight excluding hydrogens is 234 g/mol. The molecule has 0 bridgehead atoms. The van der Waals surface area contributed by atoms with Crippen molar-refractivity contribution in [3.8, 4) is 16.9 Å². The molecule has 0 aliphatic carbocycles. The lowest BCUT2D eigenvalue weighted by atomic mass is 10.00. The Bertz CT molecular complexity index is 536. The van der Waals surface area contributed by atoms with E-state index in [1.807, 2.05) is 12.1 Å². The third-order valence-corrected chi connectivity index (χ3v) is 3.30. The zero-order chi connectivity index (χ0) is 13.7. The predicted octanol–water partition coefficient (Wildman–Crippen LogP) is 4.03. The first kappa shape index (κ1) is 13.6. The molecule has 0 amide bonds. The maximum Gasteiger partial charge on any atom is 0.119 e. The number of benzene rings is 2. The molecule has 2 heteroatoms. The first-order valence-electron chi connectivity index (χ1n) is 6.72. The molecule has 2 nitrogen and oxygen atoms in total. The Morgan fingerprint density at radius 2 is 1.74 bits per heavy atom. The van der Waals surface area contributed by atoms with Gasteiger partial charge < -0.3 is 10.1 Å². The highest BCUT2D eigenvalue weighted by molar-refractivity contribution is 5.65. The summed E-state index contributed by atoms with van der Waals surface area (Å²) in [6.07, 6.45) is 0. The van der Waals surface area contributed by atoms with Crippen molar-refractivity contribution >= 4 is 0 Å². The smallest absolute Gasteiger partial charge is 0.119 e. The van der Waals surface area contributed by atoms with E-state index in [4.69, 9.17) is 4.74 Å². The van der Waals surface area contributed by atoms with Crippen molar-refractivity contribution in [2.24, 2.45) is 0 Å². The molecule has 1 N–H and O–H groups in total. The fourth-order valence-electron chi connectivity index (χ4n) is 2.21. The third kappa shape index (κ3) is 3.36. The standard InChI is InChI=1S/C17H21NO/c1-4-18-13(2)14-7-5-8-15(11-14)16-9-6-10-17(12-16)19-3/h5-13,18H,4H2,1-3H3. The summed E-state index contributed by atoms with van der Waals surface area (Å²) in [6.45, 7) is 5.29. The van der Waals surface area contributed by atoms with Gasteiger partial charge in [-0.05, 0) is 48.4 Å². The van der Waals surface area contributed by atoms with Crippen LogP contribution in [0.25, 0.3) is 11.1 Å². The second-order valence-corrected chi connectivity index (χ2v) is 4.64. The zero-order valence-electron chi connectivity index (χ0n) is 11.8. The van der Waals surface area contributed by atoms with Crippen LogP contribution in [0.5, 0.6) is 5.75 Å². The Morgan fingerprint density at radius 1 is 1.05 bits per heavy atom. The molecule has 0 spiro atoms. The summed E-state index contributed by atoms with van der Waals surface area (Å²) in [4.78, 5) is 0. The lowest BCUT2D eigenvalue weighted by molar-refractivity contribution is 0.415. The Kier molecular flexibility index (Phi) is 4.58. The highest BCUT2D eigenvalue weighted by Crippen LogP contribution is 2.26. The summed E-state index contributed by atoms with van der Waals surface area (Å²) in [5.41, 5.74) is 3.72. The third-order valence-electron chi connectivity index (χ3n) is 3.30. The van der Waals surface area contributed by atoms with Gasteiger partial charge in [0.1, 0.15) is 5.75 Å². The number of ether oxygens (including phenoxy) is 1. The number of hydrogen-bond acceptors (Lipinski definition) is 2. The summed E-state index contributed by atoms with van der Waals surface area (Å²) in [5.74, 6) is 0.891. The van der Waals surface area contributed by atoms with Gasteiger partial charge in [0.25, 0.3) is 0 Å². The van der Waals surface area contributed by atoms with E-state index in [2.05, 4.69) is 55.6 Å². The fourth-order valence-corrected chi connectivity index (χ4v) is 2.21. The SMILES string of the molecule is CCNC(C)c1cccc(-c2cccc(OC)c2)c1. The average Bonchev–Trinajstić information content (AvgIpc) is 2.48. The van der Waals surface area contributed by atoms with Crippen LogP contribution in [0, 0.1) is 0 Å². The zero-order valence-corrected chi connectivity index (χ0v) is 11.8. The van der Waals surface area contributed by atoms with Gasteiger partial charge in [-0.3, -0.25) is 0 Å². The van der Waals surface area contributed by atoms with E-state index in [9.17, 15) is 0 Å². The largest absolute Gasteiger partial charge is 0.497 e. The van der Waals surface area contributed by atoms with Gasteiger partial charge in [0.05, 0.1) is 7.11 Å². The molecule has 0 fully saturated rings. The van der Waals surface area contributed by atoms with Crippen molar-refractivity contribution in [2.45, 2.75) is 19.9 Å². The Hall–Kier alpha value is -1.80. The molecule has 2 rings (SSSR count). The van der Waals surface area contributed by atoms with E-state index in [1.165, 1.54) is 16.7 Å². The molecule has 1 unspecified atom stereocenters. The highest BCUT2D eigenvalue weighted by Gasteiger charge is 2.05. The van der Waals surface area contributed by atoms with Crippen molar-refractivity contribution in [1.29, 1.82) is 0 Å². The van der Waals surface area contributed by atoms with Gasteiger partial charge in [0, 0.05) is 6.04 Å². The lowest BCUT2D eigenvalue weighted by Gasteiger charge is -2.14. The normalized spacial score (nSPS) is 12.2. The van der Waals surface area contributed by atoms with Crippen molar-refractivity contribution in [3.05, 3.63) is 54.1 Å². The summed E-state index contributed by atoms with van der Waals surface area (Å²) < 4.78 is 5.28. The van der Waals surface area contributed by atoms with Crippen LogP contribution in [0.1, 0.15) is 25.5 Å². The van der Waals surface area contributed by atoms with Gasteiger partial charge in [0.15, 0.2) is 0 Å². The van der Waals surface area contributed by atoms with Gasteiger partial charge in [-0.25, -0.2) is 0 Å². The first-order valence-corrected chi connectivity index (χ1v) is 6.72. The van der Waals surface area contributed by atoms with E-state index < -0.39 is 0 Å². The molecule has 0 heterocycles. The molecule has 1 atom stereocenters. The quantitative estimate of drug-likeness (QED) is 0.871. The summed E-state index contributed by atoms with van der Waals surface area (Å²) in [6, 6.07) is 17.2. The number of nitrogens with one attached hydrogen (secondary N) is 1. The van der Waals surface area contributed by atoms with E-state index in [0.29, 0.717) is 6.04 Å². The van der Waals surface area contributed by atoms with Crippen molar-refractivity contribution in [1.82, 2.24) is 5.32 Å². The van der Waals surface area contributed by atoms with Gasteiger partial charge in [-0.1, -0.05) is 37.3 Å². The van der Waals surface area contributed by atoms with Gasteiger partial charge in [0.2, 0.25) is 0 Å².